The topological polar surface area (TPSA) is 6.48 Å². The third kappa shape index (κ3) is 3.21. The van der Waals surface area contributed by atoms with Gasteiger partial charge in [-0.3, -0.25) is 9.80 Å². The van der Waals surface area contributed by atoms with Gasteiger partial charge in [-0.15, -0.1) is 11.8 Å². The maximum atomic E-state index is 2.66. The average Bonchev–Trinajstić information content (AvgIpc) is 2.80. The van der Waals surface area contributed by atoms with Gasteiger partial charge < -0.3 is 0 Å². The summed E-state index contributed by atoms with van der Waals surface area (Å²) in [6.45, 7) is 13.1. The van der Waals surface area contributed by atoms with Crippen LogP contribution in [0.3, 0.4) is 0 Å². The molecule has 0 spiro atoms. The van der Waals surface area contributed by atoms with Gasteiger partial charge in [0.15, 0.2) is 0 Å². The van der Waals surface area contributed by atoms with E-state index in [0.717, 1.165) is 5.25 Å². The Morgan fingerprint density at radius 2 is 1.80 bits per heavy atom. The van der Waals surface area contributed by atoms with Crippen molar-refractivity contribution in [2.45, 2.75) is 42.9 Å². The first-order valence-electron chi connectivity index (χ1n) is 7.74. The minimum absolute atomic E-state index is 0.324. The van der Waals surface area contributed by atoms with E-state index in [2.05, 4.69) is 66.6 Å². The van der Waals surface area contributed by atoms with E-state index in [1.54, 1.807) is 5.56 Å². The first-order valence-corrected chi connectivity index (χ1v) is 8.62. The Labute approximate surface area is 127 Å². The van der Waals surface area contributed by atoms with E-state index in [4.69, 9.17) is 0 Å². The van der Waals surface area contributed by atoms with E-state index < -0.39 is 0 Å². The molecule has 1 aromatic rings. The predicted molar refractivity (Wildman–Crippen MR) is 87.6 cm³/mol. The summed E-state index contributed by atoms with van der Waals surface area (Å²) in [7, 11) is 0. The highest BCUT2D eigenvalue weighted by Gasteiger charge is 2.28. The summed E-state index contributed by atoms with van der Waals surface area (Å²) in [6.07, 6.45) is 1.25. The molecular formula is C17H26N2S. The Balaban J connectivity index is 1.50. The summed E-state index contributed by atoms with van der Waals surface area (Å²) >= 11 is 2.08. The SMILES string of the molecule is CC(C)(C)N1CCN(CC2Cc3ccccc3S2)CC1. The molecule has 0 amide bonds. The lowest BCUT2D eigenvalue weighted by Gasteiger charge is -2.42. The second-order valence-electron chi connectivity index (χ2n) is 7.01. The van der Waals surface area contributed by atoms with Gasteiger partial charge in [-0.1, -0.05) is 18.2 Å². The number of benzene rings is 1. The summed E-state index contributed by atoms with van der Waals surface area (Å²) in [6, 6.07) is 8.90. The van der Waals surface area contributed by atoms with Crippen LogP contribution in [-0.4, -0.2) is 53.3 Å². The summed E-state index contributed by atoms with van der Waals surface area (Å²) in [5.41, 5.74) is 1.88. The summed E-state index contributed by atoms with van der Waals surface area (Å²) in [5.74, 6) is 0. The average molecular weight is 290 g/mol. The molecule has 110 valence electrons. The van der Waals surface area contributed by atoms with Crippen molar-refractivity contribution in [3.8, 4) is 0 Å². The summed E-state index contributed by atoms with van der Waals surface area (Å²) < 4.78 is 0. The largest absolute Gasteiger partial charge is 0.300 e. The molecule has 2 heterocycles. The molecule has 0 aromatic heterocycles. The minimum atomic E-state index is 0.324. The van der Waals surface area contributed by atoms with E-state index in [1.165, 1.54) is 44.0 Å². The van der Waals surface area contributed by atoms with Crippen molar-refractivity contribution in [1.82, 2.24) is 9.80 Å². The smallest absolute Gasteiger partial charge is 0.0263 e. The second kappa shape index (κ2) is 5.70. The van der Waals surface area contributed by atoms with Crippen LogP contribution in [-0.2, 0) is 6.42 Å². The standard InChI is InChI=1S/C17H26N2S/c1-17(2,3)19-10-8-18(9-11-19)13-15-12-14-6-4-5-7-16(14)20-15/h4-7,15H,8-13H2,1-3H3. The molecule has 1 aromatic carbocycles. The third-order valence-electron chi connectivity index (χ3n) is 4.50. The molecule has 1 atom stereocenters. The second-order valence-corrected chi connectivity index (χ2v) is 8.35. The zero-order valence-electron chi connectivity index (χ0n) is 12.9. The maximum absolute atomic E-state index is 2.66. The van der Waals surface area contributed by atoms with Crippen LogP contribution < -0.4 is 0 Å². The molecular weight excluding hydrogens is 264 g/mol. The van der Waals surface area contributed by atoms with Crippen LogP contribution in [0, 0.1) is 0 Å². The fraction of sp³-hybridized carbons (Fsp3) is 0.647. The molecule has 1 saturated heterocycles. The molecule has 0 radical (unpaired) electrons. The Bertz CT molecular complexity index is 433. The van der Waals surface area contributed by atoms with E-state index in [9.17, 15) is 0 Å². The molecule has 3 rings (SSSR count). The van der Waals surface area contributed by atoms with Crippen LogP contribution >= 0.6 is 11.8 Å². The highest BCUT2D eigenvalue weighted by molar-refractivity contribution is 8.00. The number of nitrogens with zero attached hydrogens (tertiary/aromatic N) is 2. The van der Waals surface area contributed by atoms with Crippen molar-refractivity contribution in [3.05, 3.63) is 29.8 Å². The molecule has 20 heavy (non-hydrogen) atoms. The van der Waals surface area contributed by atoms with Gasteiger partial charge in [0.25, 0.3) is 0 Å². The number of piperazine rings is 1. The molecule has 0 N–H and O–H groups in total. The van der Waals surface area contributed by atoms with Gasteiger partial charge in [-0.2, -0.15) is 0 Å². The van der Waals surface area contributed by atoms with Gasteiger partial charge in [0.1, 0.15) is 0 Å². The van der Waals surface area contributed by atoms with Crippen molar-refractivity contribution >= 4 is 11.8 Å². The van der Waals surface area contributed by atoms with Crippen LogP contribution in [0.4, 0.5) is 0 Å². The lowest BCUT2D eigenvalue weighted by atomic mass is 10.0. The van der Waals surface area contributed by atoms with Crippen molar-refractivity contribution in [2.75, 3.05) is 32.7 Å². The maximum Gasteiger partial charge on any atom is 0.0263 e. The molecule has 1 unspecified atom stereocenters. The Kier molecular flexibility index (Phi) is 4.11. The zero-order chi connectivity index (χ0) is 14.2. The number of fused-ring (bicyclic) bond motifs is 1. The van der Waals surface area contributed by atoms with Gasteiger partial charge in [0, 0.05) is 48.4 Å². The molecule has 0 bridgehead atoms. The molecule has 3 heteroatoms. The van der Waals surface area contributed by atoms with E-state index >= 15 is 0 Å². The molecule has 1 fully saturated rings. The number of hydrogen-bond donors (Lipinski definition) is 0. The molecule has 0 aliphatic carbocycles. The first-order chi connectivity index (χ1) is 9.52. The van der Waals surface area contributed by atoms with Crippen molar-refractivity contribution in [1.29, 1.82) is 0 Å². The van der Waals surface area contributed by atoms with Crippen molar-refractivity contribution in [2.24, 2.45) is 0 Å². The minimum Gasteiger partial charge on any atom is -0.300 e. The molecule has 2 aliphatic rings. The Morgan fingerprint density at radius 3 is 2.45 bits per heavy atom. The van der Waals surface area contributed by atoms with Gasteiger partial charge in [-0.05, 0) is 38.8 Å². The monoisotopic (exact) mass is 290 g/mol. The van der Waals surface area contributed by atoms with E-state index in [-0.39, 0.29) is 0 Å². The zero-order valence-corrected chi connectivity index (χ0v) is 13.7. The number of thioether (sulfide) groups is 1. The Hall–Kier alpha value is -0.510. The molecule has 2 aliphatic heterocycles. The van der Waals surface area contributed by atoms with E-state index in [1.807, 2.05) is 0 Å². The van der Waals surface area contributed by atoms with Gasteiger partial charge >= 0.3 is 0 Å². The summed E-state index contributed by atoms with van der Waals surface area (Å²) in [5, 5.41) is 0.758. The molecule has 0 saturated carbocycles. The molecule has 2 nitrogen and oxygen atoms in total. The summed E-state index contributed by atoms with van der Waals surface area (Å²) in [4.78, 5) is 6.78. The fourth-order valence-corrected chi connectivity index (χ4v) is 4.61. The quantitative estimate of drug-likeness (QED) is 0.826. The van der Waals surface area contributed by atoms with E-state index in [0.29, 0.717) is 5.54 Å². The van der Waals surface area contributed by atoms with Crippen LogP contribution in [0.15, 0.2) is 29.2 Å². The van der Waals surface area contributed by atoms with Crippen LogP contribution in [0.1, 0.15) is 26.3 Å². The van der Waals surface area contributed by atoms with Crippen molar-refractivity contribution < 1.29 is 0 Å². The fourth-order valence-electron chi connectivity index (χ4n) is 3.25. The lowest BCUT2D eigenvalue weighted by Crippen LogP contribution is -2.54. The highest BCUT2D eigenvalue weighted by atomic mass is 32.2. The first kappa shape index (κ1) is 14.4. The lowest BCUT2D eigenvalue weighted by molar-refractivity contribution is 0.0627. The van der Waals surface area contributed by atoms with Gasteiger partial charge in [-0.25, -0.2) is 0 Å². The predicted octanol–water partition coefficient (Wildman–Crippen LogP) is 3.12. The van der Waals surface area contributed by atoms with Crippen molar-refractivity contribution in [3.63, 3.8) is 0 Å². The highest BCUT2D eigenvalue weighted by Crippen LogP contribution is 2.37. The van der Waals surface area contributed by atoms with Crippen LogP contribution in [0.25, 0.3) is 0 Å². The number of rotatable bonds is 2. The van der Waals surface area contributed by atoms with Gasteiger partial charge in [0.05, 0.1) is 0 Å². The van der Waals surface area contributed by atoms with Crippen LogP contribution in [0.5, 0.6) is 0 Å². The normalized spacial score (nSPS) is 24.9. The van der Waals surface area contributed by atoms with Gasteiger partial charge in [0.2, 0.25) is 0 Å². The Morgan fingerprint density at radius 1 is 1.10 bits per heavy atom. The number of hydrogen-bond acceptors (Lipinski definition) is 3. The van der Waals surface area contributed by atoms with Crippen LogP contribution in [0.2, 0.25) is 0 Å². The third-order valence-corrected chi connectivity index (χ3v) is 5.80.